The summed E-state index contributed by atoms with van der Waals surface area (Å²) in [7, 11) is 0. The highest BCUT2D eigenvalue weighted by atomic mass is 16.5. The monoisotopic (exact) mass is 830 g/mol. The Morgan fingerprint density at radius 3 is 1.20 bits per heavy atom. The van der Waals surface area contributed by atoms with Crippen molar-refractivity contribution in [1.29, 1.82) is 0 Å². The molecular formula is C53H99NO5. The number of carbonyl (C=O) groups excluding carboxylic acids is 2. The third kappa shape index (κ3) is 45.4. The van der Waals surface area contributed by atoms with E-state index in [9.17, 15) is 19.8 Å². The van der Waals surface area contributed by atoms with Crippen LogP contribution in [0.25, 0.3) is 0 Å². The number of aliphatic hydroxyl groups is 2. The molecule has 1 amide bonds. The number of aliphatic hydroxyl groups excluding tert-OH is 2. The van der Waals surface area contributed by atoms with E-state index in [1.54, 1.807) is 6.08 Å². The van der Waals surface area contributed by atoms with Crippen LogP contribution in [0.4, 0.5) is 0 Å². The first kappa shape index (κ1) is 57.1. The highest BCUT2D eigenvalue weighted by Crippen LogP contribution is 2.15. The highest BCUT2D eigenvalue weighted by molar-refractivity contribution is 5.76. The van der Waals surface area contributed by atoms with Gasteiger partial charge in [-0.1, -0.05) is 204 Å². The molecule has 0 heterocycles. The molecule has 0 aliphatic carbocycles. The minimum Gasteiger partial charge on any atom is -0.466 e. The number of rotatable bonds is 47. The second-order valence-electron chi connectivity index (χ2n) is 17.5. The molecule has 2 atom stereocenters. The molecule has 0 aromatic carbocycles. The van der Waals surface area contributed by atoms with E-state index in [1.807, 2.05) is 6.08 Å². The van der Waals surface area contributed by atoms with Crippen LogP contribution in [0.2, 0.25) is 0 Å². The van der Waals surface area contributed by atoms with Crippen molar-refractivity contribution in [3.05, 3.63) is 36.5 Å². The van der Waals surface area contributed by atoms with Gasteiger partial charge in [0.1, 0.15) is 0 Å². The average Bonchev–Trinajstić information content (AvgIpc) is 3.24. The van der Waals surface area contributed by atoms with E-state index in [2.05, 4.69) is 43.5 Å². The van der Waals surface area contributed by atoms with Crippen LogP contribution < -0.4 is 5.32 Å². The van der Waals surface area contributed by atoms with Gasteiger partial charge in [0, 0.05) is 12.8 Å². The number of unbranched alkanes of at least 4 members (excludes halogenated alkanes) is 32. The van der Waals surface area contributed by atoms with Crippen LogP contribution >= 0.6 is 0 Å². The summed E-state index contributed by atoms with van der Waals surface area (Å²) in [6, 6.07) is -0.654. The van der Waals surface area contributed by atoms with Crippen LogP contribution in [-0.4, -0.2) is 47.4 Å². The zero-order valence-electron chi connectivity index (χ0n) is 39.2. The van der Waals surface area contributed by atoms with Gasteiger partial charge in [0.15, 0.2) is 0 Å². The van der Waals surface area contributed by atoms with Gasteiger partial charge < -0.3 is 20.3 Å². The Kier molecular flexibility index (Phi) is 47.2. The topological polar surface area (TPSA) is 95.9 Å². The predicted molar refractivity (Wildman–Crippen MR) is 255 cm³/mol. The maximum atomic E-state index is 12.4. The van der Waals surface area contributed by atoms with Crippen LogP contribution in [0, 0.1) is 0 Å². The van der Waals surface area contributed by atoms with Gasteiger partial charge in [-0.3, -0.25) is 9.59 Å². The van der Waals surface area contributed by atoms with Gasteiger partial charge in [-0.15, -0.1) is 0 Å². The molecule has 0 radical (unpaired) electrons. The zero-order valence-corrected chi connectivity index (χ0v) is 39.2. The third-order valence-electron chi connectivity index (χ3n) is 11.6. The second-order valence-corrected chi connectivity index (χ2v) is 17.5. The Bertz CT molecular complexity index is 962. The van der Waals surface area contributed by atoms with Crippen molar-refractivity contribution in [3.63, 3.8) is 0 Å². The average molecular weight is 830 g/mol. The number of hydrogen-bond donors (Lipinski definition) is 3. The summed E-state index contributed by atoms with van der Waals surface area (Å²) in [5.41, 5.74) is 0. The molecule has 0 bridgehead atoms. The number of ether oxygens (including phenoxy) is 1. The number of amides is 1. The van der Waals surface area contributed by atoms with E-state index in [-0.39, 0.29) is 18.5 Å². The first-order valence-electron chi connectivity index (χ1n) is 25.8. The molecule has 0 saturated heterocycles. The van der Waals surface area contributed by atoms with Crippen molar-refractivity contribution in [1.82, 2.24) is 5.32 Å². The lowest BCUT2D eigenvalue weighted by atomic mass is 10.0. The molecule has 59 heavy (non-hydrogen) atoms. The Morgan fingerprint density at radius 1 is 0.458 bits per heavy atom. The second kappa shape index (κ2) is 48.7. The summed E-state index contributed by atoms with van der Waals surface area (Å²) >= 11 is 0. The molecule has 0 aliphatic rings. The summed E-state index contributed by atoms with van der Waals surface area (Å²) in [6.07, 6.45) is 58.6. The van der Waals surface area contributed by atoms with Crippen LogP contribution in [0.1, 0.15) is 264 Å². The minimum absolute atomic E-state index is 0.0468. The standard InChI is InChI=1S/C53H99NO5/c1-3-5-7-9-11-13-15-17-19-20-22-23-25-29-33-37-41-45-51(56)50(49-55)54-52(57)46-42-38-34-30-27-28-32-36-40-44-48-59-53(58)47-43-39-35-31-26-24-21-18-16-14-12-10-8-6-4-2/h18,21,28,32,41,45,50-51,55-56H,3-17,19-20,22-27,29-31,33-40,42-44,46-49H2,1-2H3,(H,54,57)/b21-18-,32-28-,45-41+. The quantitative estimate of drug-likeness (QED) is 0.0323. The molecule has 346 valence electrons. The Morgan fingerprint density at radius 2 is 0.797 bits per heavy atom. The molecule has 0 spiro atoms. The summed E-state index contributed by atoms with van der Waals surface area (Å²) in [5, 5.41) is 23.0. The van der Waals surface area contributed by atoms with Crippen LogP contribution in [0.3, 0.4) is 0 Å². The van der Waals surface area contributed by atoms with Crippen LogP contribution in [0.5, 0.6) is 0 Å². The molecule has 2 unspecified atom stereocenters. The number of nitrogens with one attached hydrogen (secondary N) is 1. The zero-order chi connectivity index (χ0) is 43.0. The van der Waals surface area contributed by atoms with Gasteiger partial charge in [-0.05, 0) is 83.5 Å². The Hall–Kier alpha value is -1.92. The first-order chi connectivity index (χ1) is 29.0. The van der Waals surface area contributed by atoms with Crippen molar-refractivity contribution in [2.75, 3.05) is 13.2 Å². The minimum atomic E-state index is -0.867. The molecule has 0 aliphatic heterocycles. The maximum Gasteiger partial charge on any atom is 0.305 e. The van der Waals surface area contributed by atoms with Crippen molar-refractivity contribution < 1.29 is 24.5 Å². The number of carbonyl (C=O) groups is 2. The molecule has 0 rings (SSSR count). The van der Waals surface area contributed by atoms with Crippen molar-refractivity contribution >= 4 is 11.9 Å². The van der Waals surface area contributed by atoms with Crippen molar-refractivity contribution in [2.24, 2.45) is 0 Å². The lowest BCUT2D eigenvalue weighted by Crippen LogP contribution is -2.45. The van der Waals surface area contributed by atoms with Gasteiger partial charge in [0.05, 0.1) is 25.4 Å². The molecule has 6 heteroatoms. The van der Waals surface area contributed by atoms with E-state index < -0.39 is 12.1 Å². The molecule has 0 aromatic rings. The predicted octanol–water partition coefficient (Wildman–Crippen LogP) is 15.3. The van der Waals surface area contributed by atoms with Gasteiger partial charge in [-0.2, -0.15) is 0 Å². The highest BCUT2D eigenvalue weighted by Gasteiger charge is 2.18. The fraction of sp³-hybridized carbons (Fsp3) is 0.849. The number of esters is 1. The number of hydrogen-bond acceptors (Lipinski definition) is 5. The lowest BCUT2D eigenvalue weighted by molar-refractivity contribution is -0.143. The third-order valence-corrected chi connectivity index (χ3v) is 11.6. The maximum absolute atomic E-state index is 12.4. The van der Waals surface area contributed by atoms with Crippen LogP contribution in [-0.2, 0) is 14.3 Å². The number of allylic oxidation sites excluding steroid dienone is 5. The molecular weight excluding hydrogens is 731 g/mol. The van der Waals surface area contributed by atoms with Gasteiger partial charge in [0.25, 0.3) is 0 Å². The van der Waals surface area contributed by atoms with E-state index in [0.29, 0.717) is 19.4 Å². The molecule has 0 saturated carbocycles. The first-order valence-corrected chi connectivity index (χ1v) is 25.8. The summed E-state index contributed by atoms with van der Waals surface area (Å²) in [4.78, 5) is 24.4. The van der Waals surface area contributed by atoms with E-state index >= 15 is 0 Å². The van der Waals surface area contributed by atoms with Crippen molar-refractivity contribution in [3.8, 4) is 0 Å². The van der Waals surface area contributed by atoms with E-state index in [4.69, 9.17) is 4.74 Å². The summed E-state index contributed by atoms with van der Waals surface area (Å²) in [6.45, 7) is 4.80. The van der Waals surface area contributed by atoms with Gasteiger partial charge in [-0.25, -0.2) is 0 Å². The van der Waals surface area contributed by atoms with Crippen molar-refractivity contribution in [2.45, 2.75) is 276 Å². The normalized spacial score (nSPS) is 12.9. The molecule has 6 nitrogen and oxygen atoms in total. The fourth-order valence-corrected chi connectivity index (χ4v) is 7.62. The van der Waals surface area contributed by atoms with Gasteiger partial charge >= 0.3 is 5.97 Å². The van der Waals surface area contributed by atoms with Crippen LogP contribution in [0.15, 0.2) is 36.5 Å². The molecule has 0 aromatic heterocycles. The van der Waals surface area contributed by atoms with Gasteiger partial charge in [0.2, 0.25) is 5.91 Å². The molecule has 3 N–H and O–H groups in total. The lowest BCUT2D eigenvalue weighted by Gasteiger charge is -2.20. The smallest absolute Gasteiger partial charge is 0.305 e. The Labute approximate surface area is 366 Å². The molecule has 0 fully saturated rings. The SMILES string of the molecule is CCCCCCCC/C=C\CCCCCCCC(=O)OCCCC/C=C\CCCCCCC(=O)NC(CO)C(O)/C=C/CCCCCCCCCCCCCCCCC. The Balaban J connectivity index is 3.58. The largest absolute Gasteiger partial charge is 0.466 e. The van der Waals surface area contributed by atoms with E-state index in [1.165, 1.54) is 161 Å². The van der Waals surface area contributed by atoms with E-state index in [0.717, 1.165) is 77.0 Å². The fourth-order valence-electron chi connectivity index (χ4n) is 7.62. The summed E-state index contributed by atoms with van der Waals surface area (Å²) in [5.74, 6) is -0.151. The summed E-state index contributed by atoms with van der Waals surface area (Å²) < 4.78 is 5.43.